The van der Waals surface area contributed by atoms with Crippen LogP contribution in [0.5, 0.6) is 0 Å². The van der Waals surface area contributed by atoms with Crippen LogP contribution in [0.3, 0.4) is 0 Å². The maximum atomic E-state index is 9.99. The van der Waals surface area contributed by atoms with Crippen LogP contribution in [0.4, 0.5) is 0 Å². The van der Waals surface area contributed by atoms with Gasteiger partial charge >= 0.3 is 11.9 Å². The van der Waals surface area contributed by atoms with Crippen LogP contribution in [0.25, 0.3) is 0 Å². The molecule has 0 aromatic carbocycles. The Morgan fingerprint density at radius 3 is 1.68 bits per heavy atom. The van der Waals surface area contributed by atoms with Gasteiger partial charge in [-0.15, -0.1) is 0 Å². The van der Waals surface area contributed by atoms with Crippen LogP contribution in [0.15, 0.2) is 0 Å². The van der Waals surface area contributed by atoms with Crippen LogP contribution < -0.4 is 11.5 Å². The van der Waals surface area contributed by atoms with E-state index >= 15 is 0 Å². The van der Waals surface area contributed by atoms with Crippen LogP contribution in [-0.4, -0.2) is 46.2 Å². The smallest absolute Gasteiger partial charge is 0.320 e. The highest BCUT2D eigenvalue weighted by Gasteiger charge is 2.12. The predicted molar refractivity (Wildman–Crippen MR) is 120 cm³/mol. The van der Waals surface area contributed by atoms with Crippen LogP contribution >= 0.6 is 11.8 Å². The van der Waals surface area contributed by atoms with Gasteiger partial charge in [0.15, 0.2) is 0 Å². The van der Waals surface area contributed by atoms with Gasteiger partial charge in [-0.3, -0.25) is 9.59 Å². The highest BCUT2D eigenvalue weighted by molar-refractivity contribution is 7.99. The highest BCUT2D eigenvalue weighted by atomic mass is 32.2. The van der Waals surface area contributed by atoms with E-state index in [2.05, 4.69) is 6.92 Å². The zero-order chi connectivity index (χ0) is 21.5. The van der Waals surface area contributed by atoms with Gasteiger partial charge in [0, 0.05) is 18.7 Å². The van der Waals surface area contributed by atoms with E-state index in [1.165, 1.54) is 82.8 Å². The lowest BCUT2D eigenvalue weighted by Gasteiger charge is -2.03. The van der Waals surface area contributed by atoms with Crippen LogP contribution in [0.1, 0.15) is 96.8 Å². The van der Waals surface area contributed by atoms with Crippen LogP contribution in [0.2, 0.25) is 0 Å². The molecule has 0 aliphatic carbocycles. The summed E-state index contributed by atoms with van der Waals surface area (Å²) in [4.78, 5) is 19.9. The van der Waals surface area contributed by atoms with Gasteiger partial charge in [-0.2, -0.15) is 11.8 Å². The van der Waals surface area contributed by atoms with E-state index in [0.29, 0.717) is 0 Å². The SMILES string of the molecule is CCCCCCCCCCCCCCSCCN.N[C@@H](CCC(=O)O)C(=O)O. The molecule has 0 amide bonds. The maximum absolute atomic E-state index is 9.99. The normalized spacial score (nSPS) is 11.5. The standard InChI is InChI=1S/C16H35NS.C5H9NO4/c1-2-3-4-5-6-7-8-9-10-11-12-13-15-18-16-14-17;6-3(5(9)10)1-2-4(7)8/h2-17H2,1H3;3H,1-2,6H2,(H,7,8)(H,9,10)/t;3-/m.0/s1. The molecule has 168 valence electrons. The molecule has 0 heterocycles. The van der Waals surface area contributed by atoms with Crippen molar-refractivity contribution in [2.75, 3.05) is 18.1 Å². The van der Waals surface area contributed by atoms with E-state index in [9.17, 15) is 9.59 Å². The molecule has 0 aliphatic heterocycles. The van der Waals surface area contributed by atoms with Crippen molar-refractivity contribution in [1.29, 1.82) is 0 Å². The summed E-state index contributed by atoms with van der Waals surface area (Å²) in [5.41, 5.74) is 10.5. The van der Waals surface area contributed by atoms with Crippen molar-refractivity contribution in [3.8, 4) is 0 Å². The first-order chi connectivity index (χ1) is 13.5. The molecule has 1 atom stereocenters. The molecule has 0 aromatic heterocycles. The molecule has 0 radical (unpaired) electrons. The van der Waals surface area contributed by atoms with Gasteiger partial charge in [-0.25, -0.2) is 0 Å². The minimum Gasteiger partial charge on any atom is -0.481 e. The number of rotatable bonds is 19. The lowest BCUT2D eigenvalue weighted by molar-refractivity contribution is -0.139. The highest BCUT2D eigenvalue weighted by Crippen LogP contribution is 2.12. The number of aliphatic carboxylic acids is 2. The Balaban J connectivity index is 0. The van der Waals surface area contributed by atoms with Gasteiger partial charge in [-0.1, -0.05) is 77.6 Å². The first-order valence-electron chi connectivity index (χ1n) is 10.9. The molecule has 0 rings (SSSR count). The molecule has 0 aliphatic rings. The Labute approximate surface area is 176 Å². The summed E-state index contributed by atoms with van der Waals surface area (Å²) in [6.07, 6.45) is 17.1. The predicted octanol–water partition coefficient (Wildman–Crippen LogP) is 4.64. The number of thioether (sulfide) groups is 1. The molecule has 0 spiro atoms. The second-order valence-electron chi connectivity index (χ2n) is 7.17. The zero-order valence-corrected chi connectivity index (χ0v) is 18.7. The number of unbranched alkanes of at least 4 members (excludes halogenated alkanes) is 11. The average Bonchev–Trinajstić information content (AvgIpc) is 2.66. The lowest BCUT2D eigenvalue weighted by Crippen LogP contribution is -2.30. The molecule has 0 saturated carbocycles. The van der Waals surface area contributed by atoms with Crippen molar-refractivity contribution in [3.63, 3.8) is 0 Å². The Kier molecular flexibility index (Phi) is 25.5. The third kappa shape index (κ3) is 27.4. The zero-order valence-electron chi connectivity index (χ0n) is 17.9. The number of carboxylic acid groups (broad SMARTS) is 2. The fourth-order valence-electron chi connectivity index (χ4n) is 2.63. The minimum atomic E-state index is -1.17. The largest absolute Gasteiger partial charge is 0.481 e. The van der Waals surface area contributed by atoms with Gasteiger partial charge in [0.25, 0.3) is 0 Å². The van der Waals surface area contributed by atoms with E-state index in [1.54, 1.807) is 0 Å². The quantitative estimate of drug-likeness (QED) is 0.224. The second-order valence-corrected chi connectivity index (χ2v) is 8.39. The molecule has 0 aromatic rings. The molecule has 0 unspecified atom stereocenters. The van der Waals surface area contributed by atoms with Crippen molar-refractivity contribution in [1.82, 2.24) is 0 Å². The summed E-state index contributed by atoms with van der Waals surface area (Å²) in [5, 5.41) is 16.3. The van der Waals surface area contributed by atoms with E-state index in [-0.39, 0.29) is 12.8 Å². The number of hydrogen-bond donors (Lipinski definition) is 4. The van der Waals surface area contributed by atoms with E-state index in [4.69, 9.17) is 21.7 Å². The number of carboxylic acids is 2. The fourth-order valence-corrected chi connectivity index (χ4v) is 3.41. The number of carbonyl (C=O) groups is 2. The van der Waals surface area contributed by atoms with Crippen molar-refractivity contribution >= 4 is 23.7 Å². The molecule has 7 heteroatoms. The van der Waals surface area contributed by atoms with E-state index < -0.39 is 18.0 Å². The minimum absolute atomic E-state index is 0.0231. The van der Waals surface area contributed by atoms with Gasteiger partial charge in [-0.05, 0) is 18.6 Å². The molecular formula is C21H44N2O4S. The van der Waals surface area contributed by atoms with Gasteiger partial charge in [0.05, 0.1) is 0 Å². The summed E-state index contributed by atoms with van der Waals surface area (Å²) in [5.74, 6) is 0.255. The summed E-state index contributed by atoms with van der Waals surface area (Å²) in [7, 11) is 0. The Morgan fingerprint density at radius 2 is 1.29 bits per heavy atom. The number of hydrogen-bond acceptors (Lipinski definition) is 5. The van der Waals surface area contributed by atoms with Gasteiger partial charge in [0.2, 0.25) is 0 Å². The third-order valence-corrected chi connectivity index (χ3v) is 5.49. The monoisotopic (exact) mass is 420 g/mol. The van der Waals surface area contributed by atoms with Crippen molar-refractivity contribution < 1.29 is 19.8 Å². The van der Waals surface area contributed by atoms with Crippen LogP contribution in [0, 0.1) is 0 Å². The van der Waals surface area contributed by atoms with Crippen molar-refractivity contribution in [2.24, 2.45) is 11.5 Å². The molecule has 28 heavy (non-hydrogen) atoms. The maximum Gasteiger partial charge on any atom is 0.320 e. The first-order valence-corrected chi connectivity index (χ1v) is 12.1. The molecule has 0 saturated heterocycles. The lowest BCUT2D eigenvalue weighted by atomic mass is 10.1. The topological polar surface area (TPSA) is 127 Å². The molecule has 0 fully saturated rings. The molecular weight excluding hydrogens is 376 g/mol. The van der Waals surface area contributed by atoms with Crippen LogP contribution in [-0.2, 0) is 9.59 Å². The Bertz CT molecular complexity index is 341. The fraction of sp³-hybridized carbons (Fsp3) is 0.905. The molecule has 0 bridgehead atoms. The van der Waals surface area contributed by atoms with Crippen molar-refractivity contribution in [3.05, 3.63) is 0 Å². The Morgan fingerprint density at radius 1 is 0.821 bits per heavy atom. The second kappa shape index (κ2) is 24.2. The third-order valence-electron chi connectivity index (χ3n) is 4.39. The summed E-state index contributed by atoms with van der Waals surface area (Å²) >= 11 is 2.01. The first kappa shape index (κ1) is 29.4. The summed E-state index contributed by atoms with van der Waals surface area (Å²) in [6.45, 7) is 3.12. The van der Waals surface area contributed by atoms with Crippen molar-refractivity contribution in [2.45, 2.75) is 103 Å². The Hall–Kier alpha value is -0.790. The van der Waals surface area contributed by atoms with Gasteiger partial charge < -0.3 is 21.7 Å². The van der Waals surface area contributed by atoms with E-state index in [0.717, 1.165) is 12.3 Å². The summed E-state index contributed by atoms with van der Waals surface area (Å²) in [6, 6.07) is -1.06. The summed E-state index contributed by atoms with van der Waals surface area (Å²) < 4.78 is 0. The average molecular weight is 421 g/mol. The molecule has 6 N–H and O–H groups in total. The van der Waals surface area contributed by atoms with Gasteiger partial charge in [0.1, 0.15) is 6.04 Å². The molecule has 6 nitrogen and oxygen atoms in total. The van der Waals surface area contributed by atoms with E-state index in [1.807, 2.05) is 11.8 Å². The number of nitrogens with two attached hydrogens (primary N) is 2.